The fourth-order valence-corrected chi connectivity index (χ4v) is 1.18. The molecule has 4 nitrogen and oxygen atoms in total. The smallest absolute Gasteiger partial charge is 0.261 e. The second-order valence-electron chi connectivity index (χ2n) is 2.95. The topological polar surface area (TPSA) is 52.6 Å². The van der Waals surface area contributed by atoms with E-state index >= 15 is 0 Å². The van der Waals surface area contributed by atoms with Gasteiger partial charge in [-0.1, -0.05) is 20.3 Å². The zero-order valence-corrected chi connectivity index (χ0v) is 6.87. The third-order valence-electron chi connectivity index (χ3n) is 2.16. The van der Waals surface area contributed by atoms with Crippen LogP contribution in [0.2, 0.25) is 0 Å². The van der Waals surface area contributed by atoms with Gasteiger partial charge < -0.3 is 0 Å². The predicted octanol–water partition coefficient (Wildman–Crippen LogP) is 0.180. The maximum atomic E-state index is 10.8. The molecule has 4 heteroatoms. The lowest BCUT2D eigenvalue weighted by molar-refractivity contribution is -0.169. The Morgan fingerprint density at radius 2 is 2.55 bits per heavy atom. The van der Waals surface area contributed by atoms with Crippen LogP contribution in [-0.2, 0) is 4.79 Å². The first kappa shape index (κ1) is 8.49. The van der Waals surface area contributed by atoms with Crippen molar-refractivity contribution in [2.75, 3.05) is 6.54 Å². The fourth-order valence-electron chi connectivity index (χ4n) is 1.18. The SMILES string of the molecule is CC[C@H](C)[C@@H]1NCC(=O)N1O. The van der Waals surface area contributed by atoms with E-state index in [1.807, 2.05) is 13.8 Å². The summed E-state index contributed by atoms with van der Waals surface area (Å²) in [7, 11) is 0. The van der Waals surface area contributed by atoms with Gasteiger partial charge in [0.25, 0.3) is 5.91 Å². The first-order chi connectivity index (χ1) is 5.16. The van der Waals surface area contributed by atoms with Gasteiger partial charge >= 0.3 is 0 Å². The van der Waals surface area contributed by atoms with Crippen molar-refractivity contribution in [1.29, 1.82) is 0 Å². The largest absolute Gasteiger partial charge is 0.286 e. The summed E-state index contributed by atoms with van der Waals surface area (Å²) >= 11 is 0. The molecular formula is C7H14N2O2. The second kappa shape index (κ2) is 3.19. The van der Waals surface area contributed by atoms with E-state index in [1.165, 1.54) is 0 Å². The van der Waals surface area contributed by atoms with Crippen LogP contribution < -0.4 is 5.32 Å². The molecule has 1 rings (SSSR count). The Morgan fingerprint density at radius 1 is 1.91 bits per heavy atom. The highest BCUT2D eigenvalue weighted by atomic mass is 16.5. The number of carbonyl (C=O) groups is 1. The van der Waals surface area contributed by atoms with Crippen LogP contribution in [0.1, 0.15) is 20.3 Å². The minimum absolute atomic E-state index is 0.188. The number of carbonyl (C=O) groups excluding carboxylic acids is 1. The minimum Gasteiger partial charge on any atom is -0.286 e. The van der Waals surface area contributed by atoms with Crippen LogP contribution in [0.25, 0.3) is 0 Å². The summed E-state index contributed by atoms with van der Waals surface area (Å²) in [5.74, 6) is 0.0572. The van der Waals surface area contributed by atoms with Gasteiger partial charge in [-0.05, 0) is 5.92 Å². The number of amides is 1. The van der Waals surface area contributed by atoms with Crippen molar-refractivity contribution in [2.45, 2.75) is 26.4 Å². The summed E-state index contributed by atoms with van der Waals surface area (Å²) in [6.07, 6.45) is 0.759. The van der Waals surface area contributed by atoms with Gasteiger partial charge in [0.15, 0.2) is 0 Å². The van der Waals surface area contributed by atoms with Gasteiger partial charge in [-0.3, -0.25) is 15.3 Å². The lowest BCUT2D eigenvalue weighted by Gasteiger charge is -2.22. The molecule has 0 aliphatic carbocycles. The molecule has 0 unspecified atom stereocenters. The Balaban J connectivity index is 2.54. The summed E-state index contributed by atoms with van der Waals surface area (Å²) in [6, 6.07) is 0. The highest BCUT2D eigenvalue weighted by molar-refractivity contribution is 5.79. The average Bonchev–Trinajstić information content (AvgIpc) is 2.32. The molecule has 2 N–H and O–H groups in total. The molecule has 1 saturated heterocycles. The van der Waals surface area contributed by atoms with Crippen LogP contribution in [0.3, 0.4) is 0 Å². The van der Waals surface area contributed by atoms with Gasteiger partial charge in [0.1, 0.15) is 6.17 Å². The Morgan fingerprint density at radius 3 is 2.91 bits per heavy atom. The third-order valence-corrected chi connectivity index (χ3v) is 2.16. The average molecular weight is 158 g/mol. The fraction of sp³-hybridized carbons (Fsp3) is 0.857. The van der Waals surface area contributed by atoms with Gasteiger partial charge in [0.05, 0.1) is 6.54 Å². The monoisotopic (exact) mass is 158 g/mol. The Kier molecular flexibility index (Phi) is 2.46. The van der Waals surface area contributed by atoms with E-state index in [-0.39, 0.29) is 18.6 Å². The number of hydrogen-bond acceptors (Lipinski definition) is 3. The van der Waals surface area contributed by atoms with E-state index in [2.05, 4.69) is 5.32 Å². The quantitative estimate of drug-likeness (QED) is 0.564. The first-order valence-corrected chi connectivity index (χ1v) is 3.91. The van der Waals surface area contributed by atoms with E-state index in [1.54, 1.807) is 0 Å². The molecule has 2 atom stereocenters. The number of nitrogens with zero attached hydrogens (tertiary/aromatic N) is 1. The third kappa shape index (κ3) is 1.52. The summed E-state index contributed by atoms with van der Waals surface area (Å²) in [4.78, 5) is 10.8. The number of hydrogen-bond donors (Lipinski definition) is 2. The van der Waals surface area contributed by atoms with Gasteiger partial charge in [-0.2, -0.15) is 0 Å². The Hall–Kier alpha value is -0.610. The summed E-state index contributed by atoms with van der Waals surface area (Å²) in [5.41, 5.74) is 0. The highest BCUT2D eigenvalue weighted by Gasteiger charge is 2.32. The van der Waals surface area contributed by atoms with E-state index < -0.39 is 0 Å². The van der Waals surface area contributed by atoms with E-state index in [4.69, 9.17) is 0 Å². The highest BCUT2D eigenvalue weighted by Crippen LogP contribution is 2.14. The molecule has 0 saturated carbocycles. The van der Waals surface area contributed by atoms with E-state index in [0.29, 0.717) is 5.92 Å². The van der Waals surface area contributed by atoms with Crippen molar-refractivity contribution in [3.63, 3.8) is 0 Å². The summed E-state index contributed by atoms with van der Waals surface area (Å²) in [5, 5.41) is 12.9. The van der Waals surface area contributed by atoms with Crippen LogP contribution in [0, 0.1) is 5.92 Å². The van der Waals surface area contributed by atoms with Crippen molar-refractivity contribution in [3.05, 3.63) is 0 Å². The molecule has 0 aromatic heterocycles. The minimum atomic E-state index is -0.240. The molecule has 64 valence electrons. The van der Waals surface area contributed by atoms with Crippen LogP contribution in [0.4, 0.5) is 0 Å². The van der Waals surface area contributed by atoms with Crippen molar-refractivity contribution in [1.82, 2.24) is 10.4 Å². The molecule has 0 aromatic rings. The van der Waals surface area contributed by atoms with Crippen LogP contribution in [0.15, 0.2) is 0 Å². The lowest BCUT2D eigenvalue weighted by atomic mass is 10.1. The second-order valence-corrected chi connectivity index (χ2v) is 2.95. The molecule has 0 bridgehead atoms. The van der Waals surface area contributed by atoms with Crippen molar-refractivity contribution in [2.24, 2.45) is 5.92 Å². The van der Waals surface area contributed by atoms with Crippen LogP contribution >= 0.6 is 0 Å². The number of hydroxylamine groups is 2. The number of rotatable bonds is 2. The van der Waals surface area contributed by atoms with E-state index in [0.717, 1.165) is 11.5 Å². The molecule has 1 heterocycles. The normalized spacial score (nSPS) is 27.7. The summed E-state index contributed by atoms with van der Waals surface area (Å²) in [6.45, 7) is 4.29. The number of nitrogens with one attached hydrogen (secondary N) is 1. The predicted molar refractivity (Wildman–Crippen MR) is 39.9 cm³/mol. The van der Waals surface area contributed by atoms with Crippen LogP contribution in [0.5, 0.6) is 0 Å². The molecule has 0 aromatic carbocycles. The van der Waals surface area contributed by atoms with Crippen molar-refractivity contribution in [3.8, 4) is 0 Å². The lowest BCUT2D eigenvalue weighted by Crippen LogP contribution is -2.39. The first-order valence-electron chi connectivity index (χ1n) is 3.91. The van der Waals surface area contributed by atoms with Gasteiger partial charge in [-0.25, -0.2) is 5.06 Å². The molecule has 1 aliphatic heterocycles. The zero-order chi connectivity index (χ0) is 8.43. The molecular weight excluding hydrogens is 144 g/mol. The zero-order valence-electron chi connectivity index (χ0n) is 6.87. The molecule has 1 fully saturated rings. The standard InChI is InChI=1S/C7H14N2O2/c1-3-5(2)7-8-4-6(10)9(7)11/h5,7-8,11H,3-4H2,1-2H3/t5-,7+/m0/s1. The molecule has 0 radical (unpaired) electrons. The van der Waals surface area contributed by atoms with Gasteiger partial charge in [0.2, 0.25) is 0 Å². The van der Waals surface area contributed by atoms with Gasteiger partial charge in [-0.15, -0.1) is 0 Å². The molecule has 0 spiro atoms. The molecule has 1 aliphatic rings. The van der Waals surface area contributed by atoms with Gasteiger partial charge in [0, 0.05) is 0 Å². The Bertz CT molecular complexity index is 161. The molecule has 11 heavy (non-hydrogen) atoms. The van der Waals surface area contributed by atoms with Crippen molar-refractivity contribution < 1.29 is 10.0 Å². The maximum Gasteiger partial charge on any atom is 0.261 e. The Labute approximate surface area is 66.1 Å². The molecule has 1 amide bonds. The maximum absolute atomic E-state index is 10.8. The summed E-state index contributed by atoms with van der Waals surface area (Å²) < 4.78 is 0. The van der Waals surface area contributed by atoms with E-state index in [9.17, 15) is 10.0 Å². The van der Waals surface area contributed by atoms with Crippen molar-refractivity contribution >= 4 is 5.91 Å². The van der Waals surface area contributed by atoms with Crippen LogP contribution in [-0.4, -0.2) is 28.9 Å².